The summed E-state index contributed by atoms with van der Waals surface area (Å²) >= 11 is 0. The molecule has 0 spiro atoms. The van der Waals surface area contributed by atoms with Crippen LogP contribution in [0.1, 0.15) is 6.92 Å². The molecular formula is C20H25N7O. The van der Waals surface area contributed by atoms with E-state index in [9.17, 15) is 4.79 Å². The molecular weight excluding hydrogens is 354 g/mol. The Hall–Kier alpha value is -2.84. The Bertz CT molecular complexity index is 999. The first-order valence-corrected chi connectivity index (χ1v) is 9.47. The molecule has 8 nitrogen and oxygen atoms in total. The van der Waals surface area contributed by atoms with Crippen LogP contribution in [0.2, 0.25) is 0 Å². The van der Waals surface area contributed by atoms with Crippen molar-refractivity contribution in [3.63, 3.8) is 0 Å². The fourth-order valence-electron chi connectivity index (χ4n) is 3.64. The lowest BCUT2D eigenvalue weighted by molar-refractivity contribution is -0.118. The summed E-state index contributed by atoms with van der Waals surface area (Å²) in [6.45, 7) is 5.36. The third-order valence-corrected chi connectivity index (χ3v) is 5.21. The molecule has 3 aromatic rings. The Morgan fingerprint density at radius 1 is 1.18 bits per heavy atom. The average molecular weight is 379 g/mol. The molecule has 1 amide bonds. The van der Waals surface area contributed by atoms with E-state index in [1.54, 1.807) is 4.68 Å². The molecule has 0 radical (unpaired) electrons. The Morgan fingerprint density at radius 2 is 2.04 bits per heavy atom. The SMILES string of the molecule is C[C@H]1CN(C)CCN1CC(=O)Nc1cc2cc(-c3cnn(C)c3)ccc2nn1. The van der Waals surface area contributed by atoms with Gasteiger partial charge in [-0.25, -0.2) is 0 Å². The van der Waals surface area contributed by atoms with Gasteiger partial charge in [0.1, 0.15) is 0 Å². The highest BCUT2D eigenvalue weighted by atomic mass is 16.2. The largest absolute Gasteiger partial charge is 0.308 e. The van der Waals surface area contributed by atoms with Gasteiger partial charge in [-0.05, 0) is 37.7 Å². The maximum Gasteiger partial charge on any atom is 0.239 e. The second kappa shape index (κ2) is 7.65. The van der Waals surface area contributed by atoms with Crippen molar-refractivity contribution in [1.82, 2.24) is 29.8 Å². The lowest BCUT2D eigenvalue weighted by atomic mass is 10.1. The van der Waals surface area contributed by atoms with Crippen molar-refractivity contribution in [3.05, 3.63) is 36.7 Å². The molecule has 3 heterocycles. The van der Waals surface area contributed by atoms with Crippen LogP contribution < -0.4 is 5.32 Å². The summed E-state index contributed by atoms with van der Waals surface area (Å²) in [5.41, 5.74) is 2.88. The highest BCUT2D eigenvalue weighted by molar-refractivity contribution is 5.93. The Kier molecular flexibility index (Phi) is 5.06. The van der Waals surface area contributed by atoms with Gasteiger partial charge in [-0.3, -0.25) is 14.4 Å². The van der Waals surface area contributed by atoms with Crippen molar-refractivity contribution in [2.45, 2.75) is 13.0 Å². The second-order valence-corrected chi connectivity index (χ2v) is 7.54. The average Bonchev–Trinajstić information content (AvgIpc) is 3.10. The minimum Gasteiger partial charge on any atom is -0.308 e. The van der Waals surface area contributed by atoms with Crippen molar-refractivity contribution >= 4 is 22.6 Å². The number of likely N-dealkylation sites (N-methyl/N-ethyl adjacent to an activating group) is 1. The van der Waals surface area contributed by atoms with Crippen LogP contribution in [0.5, 0.6) is 0 Å². The lowest BCUT2D eigenvalue weighted by Gasteiger charge is -2.37. The molecule has 1 N–H and O–H groups in total. The number of piperazine rings is 1. The molecule has 1 aliphatic heterocycles. The van der Waals surface area contributed by atoms with Gasteiger partial charge in [0.2, 0.25) is 5.91 Å². The monoisotopic (exact) mass is 379 g/mol. The zero-order valence-electron chi connectivity index (χ0n) is 16.5. The zero-order chi connectivity index (χ0) is 19.7. The molecule has 4 rings (SSSR count). The number of nitrogens with one attached hydrogen (secondary N) is 1. The van der Waals surface area contributed by atoms with E-state index < -0.39 is 0 Å². The van der Waals surface area contributed by atoms with Gasteiger partial charge in [0.15, 0.2) is 5.82 Å². The van der Waals surface area contributed by atoms with Gasteiger partial charge in [-0.1, -0.05) is 6.07 Å². The Balaban J connectivity index is 1.48. The summed E-state index contributed by atoms with van der Waals surface area (Å²) in [7, 11) is 4.00. The fraction of sp³-hybridized carbons (Fsp3) is 0.400. The number of fused-ring (bicyclic) bond motifs is 1. The van der Waals surface area contributed by atoms with Gasteiger partial charge in [0, 0.05) is 49.9 Å². The predicted molar refractivity (Wildman–Crippen MR) is 109 cm³/mol. The van der Waals surface area contributed by atoms with E-state index in [0.29, 0.717) is 18.4 Å². The summed E-state index contributed by atoms with van der Waals surface area (Å²) in [6.07, 6.45) is 3.80. The number of benzene rings is 1. The van der Waals surface area contributed by atoms with E-state index in [2.05, 4.69) is 44.4 Å². The normalized spacial score (nSPS) is 18.5. The number of carbonyl (C=O) groups is 1. The molecule has 0 bridgehead atoms. The molecule has 1 fully saturated rings. The first-order chi connectivity index (χ1) is 13.5. The fourth-order valence-corrected chi connectivity index (χ4v) is 3.64. The van der Waals surface area contributed by atoms with Gasteiger partial charge < -0.3 is 10.2 Å². The third kappa shape index (κ3) is 4.02. The minimum absolute atomic E-state index is 0.0616. The van der Waals surface area contributed by atoms with Gasteiger partial charge in [0.05, 0.1) is 18.3 Å². The molecule has 0 aliphatic carbocycles. The quantitative estimate of drug-likeness (QED) is 0.742. The number of aryl methyl sites for hydroxylation is 1. The molecule has 1 atom stereocenters. The van der Waals surface area contributed by atoms with E-state index in [1.165, 1.54) is 0 Å². The van der Waals surface area contributed by atoms with E-state index in [1.807, 2.05) is 43.7 Å². The third-order valence-electron chi connectivity index (χ3n) is 5.21. The molecule has 8 heteroatoms. The number of aromatic nitrogens is 4. The smallest absolute Gasteiger partial charge is 0.239 e. The molecule has 146 valence electrons. The van der Waals surface area contributed by atoms with Gasteiger partial charge >= 0.3 is 0 Å². The predicted octanol–water partition coefficient (Wildman–Crippen LogP) is 1.60. The van der Waals surface area contributed by atoms with Crippen LogP contribution in [0.4, 0.5) is 5.82 Å². The van der Waals surface area contributed by atoms with Crippen molar-refractivity contribution < 1.29 is 4.79 Å². The van der Waals surface area contributed by atoms with Gasteiger partial charge in [-0.2, -0.15) is 5.10 Å². The van der Waals surface area contributed by atoms with E-state index in [4.69, 9.17) is 0 Å². The van der Waals surface area contributed by atoms with Gasteiger partial charge in [0.25, 0.3) is 0 Å². The minimum atomic E-state index is -0.0616. The summed E-state index contributed by atoms with van der Waals surface area (Å²) in [6, 6.07) is 8.20. The number of hydrogen-bond donors (Lipinski definition) is 1. The maximum atomic E-state index is 12.5. The summed E-state index contributed by atoms with van der Waals surface area (Å²) < 4.78 is 1.77. The number of amides is 1. The zero-order valence-corrected chi connectivity index (χ0v) is 16.5. The topological polar surface area (TPSA) is 79.2 Å². The van der Waals surface area contributed by atoms with E-state index in [0.717, 1.165) is 41.7 Å². The summed E-state index contributed by atoms with van der Waals surface area (Å²) in [4.78, 5) is 17.0. The number of nitrogens with zero attached hydrogens (tertiary/aromatic N) is 6. The van der Waals surface area contributed by atoms with Crippen LogP contribution in [0.15, 0.2) is 36.7 Å². The van der Waals surface area contributed by atoms with Crippen molar-refractivity contribution in [1.29, 1.82) is 0 Å². The number of rotatable bonds is 4. The number of anilines is 1. The standard InChI is InChI=1S/C20H25N7O/c1-14-11-25(2)6-7-27(14)13-20(28)22-19-9-16-8-15(4-5-18(16)23-24-19)17-10-21-26(3)12-17/h4-5,8-10,12,14H,6-7,11,13H2,1-3H3,(H,22,24,28)/t14-/m0/s1. The Labute approximate surface area is 164 Å². The lowest BCUT2D eigenvalue weighted by Crippen LogP contribution is -2.52. The summed E-state index contributed by atoms with van der Waals surface area (Å²) in [5, 5.41) is 16.4. The highest BCUT2D eigenvalue weighted by Gasteiger charge is 2.23. The van der Waals surface area contributed by atoms with Crippen LogP contribution in [-0.4, -0.2) is 75.0 Å². The molecule has 0 saturated carbocycles. The molecule has 1 aliphatic rings. The van der Waals surface area contributed by atoms with Crippen LogP contribution >= 0.6 is 0 Å². The second-order valence-electron chi connectivity index (χ2n) is 7.54. The maximum absolute atomic E-state index is 12.5. The van der Waals surface area contributed by atoms with Crippen LogP contribution in [-0.2, 0) is 11.8 Å². The van der Waals surface area contributed by atoms with Crippen LogP contribution in [0.25, 0.3) is 22.0 Å². The number of hydrogen-bond acceptors (Lipinski definition) is 6. The van der Waals surface area contributed by atoms with Crippen molar-refractivity contribution in [3.8, 4) is 11.1 Å². The Morgan fingerprint density at radius 3 is 2.79 bits per heavy atom. The first kappa shape index (κ1) is 18.5. The molecule has 0 unspecified atom stereocenters. The highest BCUT2D eigenvalue weighted by Crippen LogP contribution is 2.24. The molecule has 2 aromatic heterocycles. The van der Waals surface area contributed by atoms with Crippen LogP contribution in [0, 0.1) is 0 Å². The van der Waals surface area contributed by atoms with E-state index >= 15 is 0 Å². The molecule has 1 aromatic carbocycles. The van der Waals surface area contributed by atoms with E-state index in [-0.39, 0.29) is 5.91 Å². The number of carbonyl (C=O) groups excluding carboxylic acids is 1. The molecule has 1 saturated heterocycles. The van der Waals surface area contributed by atoms with Crippen LogP contribution in [0.3, 0.4) is 0 Å². The van der Waals surface area contributed by atoms with Crippen molar-refractivity contribution in [2.75, 3.05) is 38.5 Å². The van der Waals surface area contributed by atoms with Crippen molar-refractivity contribution in [2.24, 2.45) is 7.05 Å². The summed E-state index contributed by atoms with van der Waals surface area (Å²) in [5.74, 6) is 0.413. The molecule has 28 heavy (non-hydrogen) atoms. The first-order valence-electron chi connectivity index (χ1n) is 9.47. The van der Waals surface area contributed by atoms with Gasteiger partial charge in [-0.15, -0.1) is 10.2 Å².